The van der Waals surface area contributed by atoms with Gasteiger partial charge in [0.1, 0.15) is 22.9 Å². The SMILES string of the molecule is CN(CC(F)(F)F)S(=O)(=O)c1ccc(F)c(N)c1F. The molecule has 108 valence electrons. The van der Waals surface area contributed by atoms with Gasteiger partial charge in [-0.15, -0.1) is 0 Å². The monoisotopic (exact) mass is 304 g/mol. The third-order valence-corrected chi connectivity index (χ3v) is 4.00. The van der Waals surface area contributed by atoms with Gasteiger partial charge in [0.05, 0.1) is 0 Å². The summed E-state index contributed by atoms with van der Waals surface area (Å²) in [4.78, 5) is -1.11. The molecule has 19 heavy (non-hydrogen) atoms. The van der Waals surface area contributed by atoms with E-state index in [4.69, 9.17) is 5.73 Å². The van der Waals surface area contributed by atoms with E-state index in [0.717, 1.165) is 0 Å². The van der Waals surface area contributed by atoms with E-state index < -0.39 is 45.0 Å². The lowest BCUT2D eigenvalue weighted by atomic mass is 10.3. The van der Waals surface area contributed by atoms with E-state index >= 15 is 0 Å². The minimum Gasteiger partial charge on any atom is -0.394 e. The van der Waals surface area contributed by atoms with Crippen molar-refractivity contribution in [2.24, 2.45) is 0 Å². The summed E-state index contributed by atoms with van der Waals surface area (Å²) in [7, 11) is -4.12. The topological polar surface area (TPSA) is 63.4 Å². The molecule has 0 radical (unpaired) electrons. The number of hydrogen-bond acceptors (Lipinski definition) is 3. The summed E-state index contributed by atoms with van der Waals surface area (Å²) >= 11 is 0. The number of hydrogen-bond donors (Lipinski definition) is 1. The smallest absolute Gasteiger partial charge is 0.394 e. The van der Waals surface area contributed by atoms with Crippen LogP contribution in [0.15, 0.2) is 17.0 Å². The summed E-state index contributed by atoms with van der Waals surface area (Å²) in [6.45, 7) is -1.80. The number of nitrogen functional groups attached to an aromatic ring is 1. The molecule has 0 spiro atoms. The number of anilines is 1. The molecule has 0 aromatic heterocycles. The van der Waals surface area contributed by atoms with Crippen molar-refractivity contribution in [1.82, 2.24) is 4.31 Å². The largest absolute Gasteiger partial charge is 0.402 e. The molecule has 0 saturated carbocycles. The van der Waals surface area contributed by atoms with Crippen molar-refractivity contribution in [3.8, 4) is 0 Å². The van der Waals surface area contributed by atoms with E-state index in [-0.39, 0.29) is 4.31 Å². The Kier molecular flexibility index (Phi) is 4.06. The van der Waals surface area contributed by atoms with Gasteiger partial charge in [0.25, 0.3) is 0 Å². The molecule has 0 heterocycles. The van der Waals surface area contributed by atoms with Crippen LogP contribution in [0.3, 0.4) is 0 Å². The van der Waals surface area contributed by atoms with Crippen molar-refractivity contribution < 1.29 is 30.4 Å². The average Bonchev–Trinajstić information content (AvgIpc) is 2.23. The summed E-state index contributed by atoms with van der Waals surface area (Å²) in [5, 5.41) is 0. The van der Waals surface area contributed by atoms with Gasteiger partial charge in [-0.3, -0.25) is 0 Å². The number of rotatable bonds is 3. The molecule has 2 N–H and O–H groups in total. The zero-order valence-corrected chi connectivity index (χ0v) is 10.3. The molecule has 0 saturated heterocycles. The molecule has 0 aliphatic rings. The van der Waals surface area contributed by atoms with Crippen LogP contribution >= 0.6 is 0 Å². The summed E-state index contributed by atoms with van der Waals surface area (Å²) in [6.07, 6.45) is -4.79. The molecule has 1 aromatic carbocycles. The first-order valence-corrected chi connectivity index (χ1v) is 6.17. The Morgan fingerprint density at radius 3 is 2.26 bits per heavy atom. The van der Waals surface area contributed by atoms with Crippen LogP contribution in [0, 0.1) is 11.6 Å². The third-order valence-electron chi connectivity index (χ3n) is 2.18. The molecule has 0 aliphatic carbocycles. The highest BCUT2D eigenvalue weighted by Gasteiger charge is 2.36. The molecule has 0 fully saturated rings. The maximum absolute atomic E-state index is 13.5. The highest BCUT2D eigenvalue weighted by atomic mass is 32.2. The minimum atomic E-state index is -4.79. The Bertz CT molecular complexity index is 585. The molecule has 4 nitrogen and oxygen atoms in total. The molecule has 1 rings (SSSR count). The van der Waals surface area contributed by atoms with Gasteiger partial charge in [0, 0.05) is 7.05 Å². The van der Waals surface area contributed by atoms with Crippen molar-refractivity contribution >= 4 is 15.7 Å². The molecular formula is C9H9F5N2O2S. The molecule has 0 amide bonds. The van der Waals surface area contributed by atoms with Crippen LogP contribution in [0.4, 0.5) is 27.6 Å². The van der Waals surface area contributed by atoms with Crippen LogP contribution in [0.1, 0.15) is 0 Å². The van der Waals surface area contributed by atoms with Crippen LogP contribution in [0.25, 0.3) is 0 Å². The highest BCUT2D eigenvalue weighted by Crippen LogP contribution is 2.26. The van der Waals surface area contributed by atoms with Crippen molar-refractivity contribution in [1.29, 1.82) is 0 Å². The first kappa shape index (κ1) is 15.6. The van der Waals surface area contributed by atoms with Gasteiger partial charge in [0.15, 0.2) is 5.82 Å². The number of sulfonamides is 1. The van der Waals surface area contributed by atoms with E-state index in [9.17, 15) is 30.4 Å². The Hall–Kier alpha value is -1.42. The molecule has 0 unspecified atom stereocenters. The predicted octanol–water partition coefficient (Wildman–Crippen LogP) is 1.73. The van der Waals surface area contributed by atoms with E-state index in [1.807, 2.05) is 0 Å². The maximum Gasteiger partial charge on any atom is 0.402 e. The van der Waals surface area contributed by atoms with Crippen molar-refractivity contribution in [3.63, 3.8) is 0 Å². The Balaban J connectivity index is 3.25. The molecule has 0 atom stereocenters. The zero-order chi connectivity index (χ0) is 15.0. The standard InChI is InChI=1S/C9H9F5N2O2S/c1-16(4-9(12,13)14)19(17,18)6-3-2-5(10)8(15)7(6)11/h2-3H,4,15H2,1H3. The fourth-order valence-electron chi connectivity index (χ4n) is 1.25. The number of benzene rings is 1. The Morgan fingerprint density at radius 2 is 1.79 bits per heavy atom. The van der Waals surface area contributed by atoms with Gasteiger partial charge in [-0.2, -0.15) is 17.5 Å². The van der Waals surface area contributed by atoms with Gasteiger partial charge >= 0.3 is 6.18 Å². The summed E-state index contributed by atoms with van der Waals surface area (Å²) in [5.41, 5.74) is 3.88. The number of nitrogens with zero attached hydrogens (tertiary/aromatic N) is 1. The van der Waals surface area contributed by atoms with Crippen LogP contribution in [-0.2, 0) is 10.0 Å². The molecule has 0 bridgehead atoms. The Labute approximate surface area is 105 Å². The fraction of sp³-hybridized carbons (Fsp3) is 0.333. The second-order valence-corrected chi connectivity index (χ2v) is 5.66. The van der Waals surface area contributed by atoms with Crippen molar-refractivity contribution in [2.75, 3.05) is 19.3 Å². The van der Waals surface area contributed by atoms with E-state index in [1.54, 1.807) is 0 Å². The second kappa shape index (κ2) is 4.93. The van der Waals surface area contributed by atoms with Gasteiger partial charge in [-0.25, -0.2) is 17.2 Å². The third kappa shape index (κ3) is 3.32. The molecule has 0 aliphatic heterocycles. The quantitative estimate of drug-likeness (QED) is 0.683. The first-order valence-electron chi connectivity index (χ1n) is 4.73. The maximum atomic E-state index is 13.5. The predicted molar refractivity (Wildman–Crippen MR) is 56.6 cm³/mol. The van der Waals surface area contributed by atoms with Crippen LogP contribution in [0.2, 0.25) is 0 Å². The Morgan fingerprint density at radius 1 is 1.26 bits per heavy atom. The first-order chi connectivity index (χ1) is 8.47. The lowest BCUT2D eigenvalue weighted by Crippen LogP contribution is -2.36. The molecule has 10 heteroatoms. The van der Waals surface area contributed by atoms with Crippen LogP contribution in [-0.4, -0.2) is 32.5 Å². The van der Waals surface area contributed by atoms with Crippen LogP contribution in [0.5, 0.6) is 0 Å². The lowest BCUT2D eigenvalue weighted by Gasteiger charge is -2.19. The summed E-state index contributed by atoms with van der Waals surface area (Å²) in [5.74, 6) is -2.82. The van der Waals surface area contributed by atoms with Gasteiger partial charge < -0.3 is 5.73 Å². The van der Waals surface area contributed by atoms with Crippen molar-refractivity contribution in [3.05, 3.63) is 23.8 Å². The molecular weight excluding hydrogens is 295 g/mol. The van der Waals surface area contributed by atoms with E-state index in [1.165, 1.54) is 0 Å². The normalized spacial score (nSPS) is 13.0. The van der Waals surface area contributed by atoms with Gasteiger partial charge in [-0.1, -0.05) is 0 Å². The zero-order valence-electron chi connectivity index (χ0n) is 9.50. The lowest BCUT2D eigenvalue weighted by molar-refractivity contribution is -0.134. The number of alkyl halides is 3. The second-order valence-electron chi connectivity index (χ2n) is 3.65. The molecule has 1 aromatic rings. The summed E-state index contributed by atoms with van der Waals surface area (Å²) in [6, 6.07) is 1.08. The summed E-state index contributed by atoms with van der Waals surface area (Å²) < 4.78 is 86.0. The fourth-order valence-corrected chi connectivity index (χ4v) is 2.48. The van der Waals surface area contributed by atoms with E-state index in [0.29, 0.717) is 19.2 Å². The average molecular weight is 304 g/mol. The van der Waals surface area contributed by atoms with Crippen LogP contribution < -0.4 is 5.73 Å². The minimum absolute atomic E-state index is 0.0945. The highest BCUT2D eigenvalue weighted by molar-refractivity contribution is 7.89. The van der Waals surface area contributed by atoms with E-state index in [2.05, 4.69) is 0 Å². The van der Waals surface area contributed by atoms with Gasteiger partial charge in [-0.05, 0) is 12.1 Å². The van der Waals surface area contributed by atoms with Crippen molar-refractivity contribution in [2.45, 2.75) is 11.1 Å². The number of halogens is 5. The van der Waals surface area contributed by atoms with Gasteiger partial charge in [0.2, 0.25) is 10.0 Å². The number of nitrogens with two attached hydrogens (primary N) is 1.